The van der Waals surface area contributed by atoms with Crippen molar-refractivity contribution in [3.63, 3.8) is 0 Å². The van der Waals surface area contributed by atoms with Gasteiger partial charge < -0.3 is 0 Å². The molecule has 0 unspecified atom stereocenters. The van der Waals surface area contributed by atoms with Gasteiger partial charge in [0.1, 0.15) is 0 Å². The van der Waals surface area contributed by atoms with Crippen LogP contribution < -0.4 is 5.73 Å². The van der Waals surface area contributed by atoms with Gasteiger partial charge in [-0.3, -0.25) is 0 Å². The summed E-state index contributed by atoms with van der Waals surface area (Å²) in [7, 11) is 1.32. The standard InChI is InChI=1S/C6H9NO2.Yb/c1-4(5(2)7)6(8)9-3;/h2H,7H2,1,3H3;. The first-order valence-corrected chi connectivity index (χ1v) is 3.54. The molecule has 64 valence electrons. The molecule has 0 aromatic heterocycles. The average molecular weight is 300 g/mol. The third kappa shape index (κ3) is 2.99. The van der Waals surface area contributed by atoms with Crippen molar-refractivity contribution in [1.82, 2.24) is 0 Å². The molecule has 0 saturated heterocycles. The first-order chi connectivity index (χ1) is 4.63. The summed E-state index contributed by atoms with van der Waals surface area (Å²) in [5.41, 5.74) is 6.20. The Morgan fingerprint density at radius 3 is 2.50 bits per heavy atom. The Morgan fingerprint density at radius 2 is 2.20 bits per heavy atom. The van der Waals surface area contributed by atoms with Crippen LogP contribution in [0.5, 0.6) is 0 Å². The molecule has 0 aromatic carbocycles. The van der Waals surface area contributed by atoms with Gasteiger partial charge in [-0.25, -0.2) is 0 Å². The normalized spacial score (nSPS) is 12.0. The Hall–Kier alpha value is 0.399. The minimum atomic E-state index is -0.401. The van der Waals surface area contributed by atoms with Gasteiger partial charge in [0, 0.05) is 0 Å². The maximum atomic E-state index is 10.7. The van der Waals surface area contributed by atoms with E-state index in [1.54, 1.807) is 6.92 Å². The number of allylic oxidation sites excluding steroid dienone is 1. The average Bonchev–Trinajstić information content (AvgIpc) is 2.00. The molecule has 3 nitrogen and oxygen atoms in total. The predicted octanol–water partition coefficient (Wildman–Crippen LogP) is -0.256. The Morgan fingerprint density at radius 1 is 1.70 bits per heavy atom. The fraction of sp³-hybridized carbons (Fsp3) is 0.333. The fourth-order valence-electron chi connectivity index (χ4n) is 0.329. The summed E-state index contributed by atoms with van der Waals surface area (Å²) >= 11 is 2.68. The second-order valence-corrected chi connectivity index (χ2v) is 2.14. The number of hydrogen-bond acceptors (Lipinski definition) is 3. The molecule has 0 saturated carbocycles. The van der Waals surface area contributed by atoms with Gasteiger partial charge in [0.25, 0.3) is 0 Å². The Labute approximate surface area is 90.2 Å². The van der Waals surface area contributed by atoms with Crippen LogP contribution in [-0.2, 0) is 9.53 Å². The van der Waals surface area contributed by atoms with Gasteiger partial charge in [-0.05, 0) is 0 Å². The summed E-state index contributed by atoms with van der Waals surface area (Å²) in [5.74, 6) is -0.401. The van der Waals surface area contributed by atoms with Gasteiger partial charge in [-0.1, -0.05) is 0 Å². The van der Waals surface area contributed by atoms with E-state index in [4.69, 9.17) is 5.73 Å². The minimum absolute atomic E-state index is 0.401. The van der Waals surface area contributed by atoms with Crippen molar-refractivity contribution in [2.24, 2.45) is 5.73 Å². The van der Waals surface area contributed by atoms with E-state index in [0.29, 0.717) is 11.3 Å². The van der Waals surface area contributed by atoms with Crippen LogP contribution >= 0.6 is 0 Å². The summed E-state index contributed by atoms with van der Waals surface area (Å²) in [6, 6.07) is 0. The molecule has 0 aromatic rings. The van der Waals surface area contributed by atoms with Crippen molar-refractivity contribution >= 4 is 6.71 Å². The van der Waals surface area contributed by atoms with Gasteiger partial charge in [-0.15, -0.1) is 0 Å². The van der Waals surface area contributed by atoms with Crippen molar-refractivity contribution in [2.45, 2.75) is 6.92 Å². The first-order valence-electron chi connectivity index (χ1n) is 2.55. The summed E-state index contributed by atoms with van der Waals surface area (Å²) < 4.78 is 5.94. The number of methoxy groups -OCH3 is 1. The summed E-state index contributed by atoms with van der Waals surface area (Å²) in [5, 5.41) is 0. The zero-order chi connectivity index (χ0) is 8.15. The zero-order valence-electron chi connectivity index (χ0n) is 5.74. The van der Waals surface area contributed by atoms with E-state index in [-0.39, 0.29) is 0 Å². The van der Waals surface area contributed by atoms with Gasteiger partial charge in [0.2, 0.25) is 0 Å². The molecule has 0 aliphatic heterocycles. The number of hydrogen-bond donors (Lipinski definition) is 1. The maximum absolute atomic E-state index is 10.7. The molecule has 0 rings (SSSR count). The van der Waals surface area contributed by atoms with Crippen molar-refractivity contribution in [2.75, 3.05) is 7.11 Å². The van der Waals surface area contributed by atoms with E-state index in [2.05, 4.69) is 48.8 Å². The van der Waals surface area contributed by atoms with Crippen LogP contribution in [-0.4, -0.2) is 13.8 Å². The number of carbonyl (C=O) groups is 1. The van der Waals surface area contributed by atoms with E-state index in [0.717, 1.165) is 0 Å². The van der Waals surface area contributed by atoms with Crippen molar-refractivity contribution < 1.29 is 53.6 Å². The summed E-state index contributed by atoms with van der Waals surface area (Å²) in [6.45, 7) is 1.60. The topological polar surface area (TPSA) is 52.3 Å². The number of carbonyl (C=O) groups excluding carboxylic acids is 1. The molecule has 0 aliphatic rings. The monoisotopic (exact) mass is 301 g/mol. The van der Waals surface area contributed by atoms with Crippen LogP contribution in [0.3, 0.4) is 0 Å². The van der Waals surface area contributed by atoms with Gasteiger partial charge in [0.15, 0.2) is 0 Å². The number of esters is 1. The molecule has 0 bridgehead atoms. The molecule has 2 N–H and O–H groups in total. The third-order valence-electron chi connectivity index (χ3n) is 1.01. The van der Waals surface area contributed by atoms with Crippen LogP contribution in [0.25, 0.3) is 0 Å². The molecule has 0 radical (unpaired) electrons. The summed E-state index contributed by atoms with van der Waals surface area (Å²) in [6.07, 6.45) is 0. The molecular formula is C6H9NO2Yb. The molecule has 0 spiro atoms. The molecule has 0 aliphatic carbocycles. The first kappa shape index (κ1) is 10.4. The van der Waals surface area contributed by atoms with Gasteiger partial charge in [0.05, 0.1) is 0 Å². The summed E-state index contributed by atoms with van der Waals surface area (Å²) in [4.78, 5) is 10.7. The molecule has 0 atom stereocenters. The van der Waals surface area contributed by atoms with E-state index < -0.39 is 5.97 Å². The number of ether oxygens (including phenoxy) is 1. The van der Waals surface area contributed by atoms with Crippen LogP contribution in [0.4, 0.5) is 0 Å². The van der Waals surface area contributed by atoms with E-state index >= 15 is 0 Å². The van der Waals surface area contributed by atoms with Crippen molar-refractivity contribution in [1.29, 1.82) is 0 Å². The molecule has 0 fully saturated rings. The van der Waals surface area contributed by atoms with E-state index in [9.17, 15) is 4.79 Å². The Bertz CT molecular complexity index is 186. The predicted molar refractivity (Wildman–Crippen MR) is 35.0 cm³/mol. The Kier molecular flexibility index (Phi) is 5.31. The quantitative estimate of drug-likeness (QED) is 0.565. The molecule has 0 heterocycles. The van der Waals surface area contributed by atoms with Gasteiger partial charge >= 0.3 is 91.4 Å². The number of nitrogens with two attached hydrogens (primary N) is 1. The Balaban J connectivity index is 4.45. The third-order valence-corrected chi connectivity index (χ3v) is 1.54. The molecule has 4 heteroatoms. The van der Waals surface area contributed by atoms with Crippen molar-refractivity contribution in [3.05, 3.63) is 11.3 Å². The van der Waals surface area contributed by atoms with Crippen molar-refractivity contribution in [3.8, 4) is 0 Å². The van der Waals surface area contributed by atoms with E-state index in [1.807, 2.05) is 0 Å². The fourth-order valence-corrected chi connectivity index (χ4v) is 0.700. The van der Waals surface area contributed by atoms with Crippen LogP contribution in [0.1, 0.15) is 6.92 Å². The van der Waals surface area contributed by atoms with Crippen LogP contribution in [0, 0.1) is 44.1 Å². The zero-order valence-corrected chi connectivity index (χ0v) is 7.45. The second kappa shape index (κ2) is 5.10. The SMILES string of the molecule is COC(=O)C(C)=C(N)[CH]=[Yb]. The second-order valence-electron chi connectivity index (χ2n) is 1.65. The number of rotatable bonds is 2. The molecule has 10 heavy (non-hydrogen) atoms. The van der Waals surface area contributed by atoms with Gasteiger partial charge in [-0.2, -0.15) is 0 Å². The molecular weight excluding hydrogens is 291 g/mol. The molecule has 0 amide bonds. The van der Waals surface area contributed by atoms with E-state index in [1.165, 1.54) is 7.85 Å². The van der Waals surface area contributed by atoms with Crippen LogP contribution in [0.2, 0.25) is 0 Å². The van der Waals surface area contributed by atoms with Crippen LogP contribution in [0.15, 0.2) is 11.3 Å².